The van der Waals surface area contributed by atoms with Gasteiger partial charge in [0.05, 0.1) is 6.10 Å². The second-order valence-electron chi connectivity index (χ2n) is 3.76. The number of carboxylic acids is 1. The van der Waals surface area contributed by atoms with Crippen LogP contribution >= 0.6 is 11.6 Å². The largest absolute Gasteiger partial charge is 0.479 e. The Morgan fingerprint density at radius 2 is 2.06 bits per heavy atom. The molecule has 0 radical (unpaired) electrons. The van der Waals surface area contributed by atoms with Gasteiger partial charge in [-0.15, -0.1) is 0 Å². The monoisotopic (exact) mass is 244 g/mol. The van der Waals surface area contributed by atoms with E-state index in [0.29, 0.717) is 10.6 Å². The molecule has 0 saturated carbocycles. The average molecular weight is 245 g/mol. The van der Waals surface area contributed by atoms with Gasteiger partial charge in [-0.25, -0.2) is 4.79 Å². The summed E-state index contributed by atoms with van der Waals surface area (Å²) in [6.45, 7) is 1.05. The van der Waals surface area contributed by atoms with Crippen LogP contribution in [0.1, 0.15) is 12.5 Å². The molecule has 2 atom stereocenters. The van der Waals surface area contributed by atoms with Crippen LogP contribution in [0.2, 0.25) is 5.02 Å². The van der Waals surface area contributed by atoms with Crippen LogP contribution in [0.4, 0.5) is 0 Å². The number of aliphatic carboxylic acids is 1. The highest BCUT2D eigenvalue weighted by Gasteiger charge is 2.38. The van der Waals surface area contributed by atoms with Crippen LogP contribution < -0.4 is 0 Å². The first-order valence-corrected chi connectivity index (χ1v) is 5.10. The number of aliphatic hydroxyl groups is 2. The van der Waals surface area contributed by atoms with Gasteiger partial charge in [0, 0.05) is 11.4 Å². The SMILES string of the molecule is CC(O)(C(=O)O)[C@@H](O)Cc1ccccc1Cl. The molecule has 0 fully saturated rings. The molecule has 1 unspecified atom stereocenters. The summed E-state index contributed by atoms with van der Waals surface area (Å²) >= 11 is 5.86. The van der Waals surface area contributed by atoms with Gasteiger partial charge in [0.25, 0.3) is 0 Å². The summed E-state index contributed by atoms with van der Waals surface area (Å²) in [5, 5.41) is 28.3. The molecular formula is C11H13ClO4. The third kappa shape index (κ3) is 2.72. The van der Waals surface area contributed by atoms with Gasteiger partial charge >= 0.3 is 5.97 Å². The lowest BCUT2D eigenvalue weighted by Gasteiger charge is -2.24. The molecule has 0 aromatic heterocycles. The number of benzene rings is 1. The van der Waals surface area contributed by atoms with Crippen molar-refractivity contribution in [3.63, 3.8) is 0 Å². The van der Waals surface area contributed by atoms with Crippen molar-refractivity contribution < 1.29 is 20.1 Å². The molecule has 0 amide bonds. The first kappa shape index (κ1) is 13.0. The van der Waals surface area contributed by atoms with E-state index in [9.17, 15) is 15.0 Å². The molecule has 0 spiro atoms. The number of hydrogen-bond acceptors (Lipinski definition) is 3. The van der Waals surface area contributed by atoms with Crippen LogP contribution in [-0.4, -0.2) is 33.0 Å². The van der Waals surface area contributed by atoms with Gasteiger partial charge in [-0.1, -0.05) is 29.8 Å². The molecule has 1 aromatic carbocycles. The Morgan fingerprint density at radius 3 is 2.56 bits per heavy atom. The van der Waals surface area contributed by atoms with Crippen molar-refractivity contribution >= 4 is 17.6 Å². The van der Waals surface area contributed by atoms with Crippen molar-refractivity contribution in [2.45, 2.75) is 25.0 Å². The molecule has 0 aliphatic rings. The van der Waals surface area contributed by atoms with Crippen molar-refractivity contribution in [2.24, 2.45) is 0 Å². The molecule has 3 N–H and O–H groups in total. The molecule has 16 heavy (non-hydrogen) atoms. The van der Waals surface area contributed by atoms with Crippen LogP contribution in [0, 0.1) is 0 Å². The van der Waals surface area contributed by atoms with E-state index >= 15 is 0 Å². The van der Waals surface area contributed by atoms with E-state index in [4.69, 9.17) is 16.7 Å². The van der Waals surface area contributed by atoms with Gasteiger partial charge in [0.2, 0.25) is 0 Å². The quantitative estimate of drug-likeness (QED) is 0.741. The summed E-state index contributed by atoms with van der Waals surface area (Å²) in [6.07, 6.45) is -1.43. The maximum absolute atomic E-state index is 10.7. The van der Waals surface area contributed by atoms with Gasteiger partial charge in [-0.2, -0.15) is 0 Å². The maximum Gasteiger partial charge on any atom is 0.338 e. The second-order valence-corrected chi connectivity index (χ2v) is 4.17. The first-order valence-electron chi connectivity index (χ1n) is 4.73. The average Bonchev–Trinajstić information content (AvgIpc) is 2.21. The summed E-state index contributed by atoms with van der Waals surface area (Å²) in [7, 11) is 0. The van der Waals surface area contributed by atoms with Gasteiger partial charge < -0.3 is 15.3 Å². The molecule has 0 saturated heterocycles. The Labute approximate surface area is 98.1 Å². The van der Waals surface area contributed by atoms with Crippen molar-refractivity contribution in [1.82, 2.24) is 0 Å². The van der Waals surface area contributed by atoms with Crippen LogP contribution in [-0.2, 0) is 11.2 Å². The minimum absolute atomic E-state index is 0.0149. The minimum Gasteiger partial charge on any atom is -0.479 e. The predicted octanol–water partition coefficient (Wildman–Crippen LogP) is 1.08. The first-order chi connectivity index (χ1) is 7.35. The normalized spacial score (nSPS) is 16.5. The van der Waals surface area contributed by atoms with Crippen molar-refractivity contribution in [3.05, 3.63) is 34.9 Å². The lowest BCUT2D eigenvalue weighted by molar-refractivity contribution is -0.168. The number of halogens is 1. The van der Waals surface area contributed by atoms with E-state index in [1.807, 2.05) is 0 Å². The number of hydrogen-bond donors (Lipinski definition) is 3. The Bertz CT molecular complexity index is 389. The smallest absolute Gasteiger partial charge is 0.338 e. The van der Waals surface area contributed by atoms with Crippen molar-refractivity contribution in [2.75, 3.05) is 0 Å². The zero-order chi connectivity index (χ0) is 12.3. The van der Waals surface area contributed by atoms with Crippen LogP contribution in [0.15, 0.2) is 24.3 Å². The second kappa shape index (κ2) is 4.82. The van der Waals surface area contributed by atoms with E-state index < -0.39 is 17.7 Å². The van der Waals surface area contributed by atoms with Crippen LogP contribution in [0.3, 0.4) is 0 Å². The van der Waals surface area contributed by atoms with Crippen molar-refractivity contribution in [1.29, 1.82) is 0 Å². The number of aliphatic hydroxyl groups excluding tert-OH is 1. The highest BCUT2D eigenvalue weighted by atomic mass is 35.5. The molecule has 88 valence electrons. The van der Waals surface area contributed by atoms with Gasteiger partial charge in [-0.3, -0.25) is 0 Å². The highest BCUT2D eigenvalue weighted by Crippen LogP contribution is 2.21. The Kier molecular flexibility index (Phi) is 3.91. The topological polar surface area (TPSA) is 77.8 Å². The third-order valence-electron chi connectivity index (χ3n) is 2.45. The molecular weight excluding hydrogens is 232 g/mol. The molecule has 0 aliphatic carbocycles. The summed E-state index contributed by atoms with van der Waals surface area (Å²) in [4.78, 5) is 10.7. The van der Waals surface area contributed by atoms with E-state index in [1.54, 1.807) is 24.3 Å². The number of rotatable bonds is 4. The molecule has 0 aliphatic heterocycles. The fourth-order valence-electron chi connectivity index (χ4n) is 1.21. The summed E-state index contributed by atoms with van der Waals surface area (Å²) in [6, 6.07) is 6.76. The summed E-state index contributed by atoms with van der Waals surface area (Å²) < 4.78 is 0. The molecule has 0 heterocycles. The van der Waals surface area contributed by atoms with Gasteiger partial charge in [-0.05, 0) is 18.6 Å². The Hall–Kier alpha value is -1.10. The standard InChI is InChI=1S/C11H13ClO4/c1-11(16,10(14)15)9(13)6-7-4-2-3-5-8(7)12/h2-5,9,13,16H,6H2,1H3,(H,14,15)/t9-,11?/m0/s1. The van der Waals surface area contributed by atoms with Gasteiger partial charge in [0.15, 0.2) is 5.60 Å². The molecule has 1 aromatic rings. The summed E-state index contributed by atoms with van der Waals surface area (Å²) in [5.41, 5.74) is -1.59. The van der Waals surface area contributed by atoms with E-state index in [-0.39, 0.29) is 6.42 Å². The summed E-state index contributed by atoms with van der Waals surface area (Å²) in [5.74, 6) is -1.47. The fraction of sp³-hybridized carbons (Fsp3) is 0.364. The molecule has 5 heteroatoms. The lowest BCUT2D eigenvalue weighted by atomic mass is 9.93. The Morgan fingerprint density at radius 1 is 1.50 bits per heavy atom. The fourth-order valence-corrected chi connectivity index (χ4v) is 1.43. The zero-order valence-corrected chi connectivity index (χ0v) is 9.48. The van der Waals surface area contributed by atoms with E-state index in [1.165, 1.54) is 0 Å². The van der Waals surface area contributed by atoms with Crippen LogP contribution in [0.25, 0.3) is 0 Å². The number of carbonyl (C=O) groups is 1. The molecule has 1 rings (SSSR count). The van der Waals surface area contributed by atoms with Crippen molar-refractivity contribution in [3.8, 4) is 0 Å². The maximum atomic E-state index is 10.7. The molecule has 4 nitrogen and oxygen atoms in total. The molecule has 0 bridgehead atoms. The van der Waals surface area contributed by atoms with E-state index in [2.05, 4.69) is 0 Å². The lowest BCUT2D eigenvalue weighted by Crippen LogP contribution is -2.47. The van der Waals surface area contributed by atoms with Gasteiger partial charge in [0.1, 0.15) is 0 Å². The highest BCUT2D eigenvalue weighted by molar-refractivity contribution is 6.31. The third-order valence-corrected chi connectivity index (χ3v) is 2.82. The predicted molar refractivity (Wildman–Crippen MR) is 59.4 cm³/mol. The Balaban J connectivity index is 2.83. The van der Waals surface area contributed by atoms with E-state index in [0.717, 1.165) is 6.92 Å². The minimum atomic E-state index is -2.18. The van der Waals surface area contributed by atoms with Crippen LogP contribution in [0.5, 0.6) is 0 Å². The zero-order valence-electron chi connectivity index (χ0n) is 8.72. The number of carboxylic acid groups (broad SMARTS) is 1.